The quantitative estimate of drug-likeness (QED) is 0.880. The van der Waals surface area contributed by atoms with Gasteiger partial charge in [-0.2, -0.15) is 0 Å². The van der Waals surface area contributed by atoms with E-state index in [0.717, 1.165) is 0 Å². The molecule has 1 N–H and O–H groups in total. The van der Waals surface area contributed by atoms with E-state index in [1.807, 2.05) is 0 Å². The molecular formula is C13H16FNO3. The topological polar surface area (TPSA) is 49.8 Å². The summed E-state index contributed by atoms with van der Waals surface area (Å²) in [6.07, 6.45) is -0.536. The monoisotopic (exact) mass is 253 g/mol. The first kappa shape index (κ1) is 12.8. The molecule has 1 aromatic rings. The third kappa shape index (κ3) is 2.98. The van der Waals surface area contributed by atoms with Crippen LogP contribution in [0.5, 0.6) is 5.75 Å². The second kappa shape index (κ2) is 5.35. The van der Waals surface area contributed by atoms with Crippen molar-refractivity contribution in [3.63, 3.8) is 0 Å². The van der Waals surface area contributed by atoms with E-state index in [0.29, 0.717) is 25.3 Å². The number of likely N-dealkylation sites (tertiary alicyclic amines) is 1. The number of halogens is 1. The van der Waals surface area contributed by atoms with E-state index in [-0.39, 0.29) is 5.91 Å². The molecule has 0 saturated carbocycles. The average Bonchev–Trinajstić information content (AvgIpc) is 2.75. The predicted molar refractivity (Wildman–Crippen MR) is 63.7 cm³/mol. The van der Waals surface area contributed by atoms with E-state index in [4.69, 9.17) is 4.74 Å². The fourth-order valence-corrected chi connectivity index (χ4v) is 1.99. The van der Waals surface area contributed by atoms with Gasteiger partial charge in [0, 0.05) is 19.2 Å². The van der Waals surface area contributed by atoms with Gasteiger partial charge < -0.3 is 14.7 Å². The number of ether oxygens (including phenoxy) is 1. The molecule has 18 heavy (non-hydrogen) atoms. The van der Waals surface area contributed by atoms with E-state index < -0.39 is 18.0 Å². The Kier molecular flexibility index (Phi) is 3.81. The van der Waals surface area contributed by atoms with Crippen LogP contribution in [0.3, 0.4) is 0 Å². The number of amides is 1. The fraction of sp³-hybridized carbons (Fsp3) is 0.462. The SMILES string of the molecule is CC(Oc1cccc(F)c1)C(=O)N1CC[C@H](O)C1. The maximum Gasteiger partial charge on any atom is 0.263 e. The summed E-state index contributed by atoms with van der Waals surface area (Å²) >= 11 is 0. The van der Waals surface area contributed by atoms with Crippen LogP contribution in [0.25, 0.3) is 0 Å². The van der Waals surface area contributed by atoms with Gasteiger partial charge in [0.25, 0.3) is 5.91 Å². The van der Waals surface area contributed by atoms with Gasteiger partial charge in [-0.05, 0) is 25.5 Å². The zero-order chi connectivity index (χ0) is 13.1. The lowest BCUT2D eigenvalue weighted by Gasteiger charge is -2.21. The highest BCUT2D eigenvalue weighted by atomic mass is 19.1. The van der Waals surface area contributed by atoms with Crippen molar-refractivity contribution in [1.82, 2.24) is 4.90 Å². The van der Waals surface area contributed by atoms with Gasteiger partial charge in [-0.3, -0.25) is 4.79 Å². The number of benzene rings is 1. The van der Waals surface area contributed by atoms with Gasteiger partial charge in [0.1, 0.15) is 11.6 Å². The number of hydrogen-bond donors (Lipinski definition) is 1. The molecule has 0 spiro atoms. The third-order valence-corrected chi connectivity index (χ3v) is 2.93. The largest absolute Gasteiger partial charge is 0.481 e. The number of β-amino-alcohol motifs (C(OH)–C–C–N with tert-alkyl or cyclic N) is 1. The summed E-state index contributed by atoms with van der Waals surface area (Å²) in [5.41, 5.74) is 0. The summed E-state index contributed by atoms with van der Waals surface area (Å²) in [4.78, 5) is 13.5. The molecular weight excluding hydrogens is 237 g/mol. The first-order chi connectivity index (χ1) is 8.56. The number of aliphatic hydroxyl groups excluding tert-OH is 1. The molecule has 1 aromatic carbocycles. The van der Waals surface area contributed by atoms with Crippen molar-refractivity contribution in [2.24, 2.45) is 0 Å². The van der Waals surface area contributed by atoms with Gasteiger partial charge in [0.05, 0.1) is 6.10 Å². The van der Waals surface area contributed by atoms with Crippen LogP contribution < -0.4 is 4.74 Å². The second-order valence-corrected chi connectivity index (χ2v) is 4.44. The molecule has 5 heteroatoms. The van der Waals surface area contributed by atoms with Gasteiger partial charge in [0.2, 0.25) is 0 Å². The second-order valence-electron chi connectivity index (χ2n) is 4.44. The Morgan fingerprint density at radius 3 is 3.00 bits per heavy atom. The van der Waals surface area contributed by atoms with Crippen LogP contribution in [0.1, 0.15) is 13.3 Å². The van der Waals surface area contributed by atoms with E-state index in [1.54, 1.807) is 17.9 Å². The Morgan fingerprint density at radius 1 is 1.61 bits per heavy atom. The van der Waals surface area contributed by atoms with Crippen LogP contribution in [-0.2, 0) is 4.79 Å². The lowest BCUT2D eigenvalue weighted by atomic mass is 10.3. The van der Waals surface area contributed by atoms with Crippen LogP contribution in [0.15, 0.2) is 24.3 Å². The van der Waals surface area contributed by atoms with Crippen LogP contribution in [0.4, 0.5) is 4.39 Å². The third-order valence-electron chi connectivity index (χ3n) is 2.93. The Labute approximate surface area is 105 Å². The normalized spacial score (nSPS) is 20.8. The highest BCUT2D eigenvalue weighted by Crippen LogP contribution is 2.16. The van der Waals surface area contributed by atoms with Crippen LogP contribution in [-0.4, -0.2) is 41.2 Å². The van der Waals surface area contributed by atoms with E-state index in [1.165, 1.54) is 18.2 Å². The molecule has 1 aliphatic heterocycles. The smallest absolute Gasteiger partial charge is 0.263 e. The summed E-state index contributed by atoms with van der Waals surface area (Å²) < 4.78 is 18.4. The molecule has 2 rings (SSSR count). The number of carbonyl (C=O) groups excluding carboxylic acids is 1. The highest BCUT2D eigenvalue weighted by Gasteiger charge is 2.28. The van der Waals surface area contributed by atoms with Crippen LogP contribution in [0.2, 0.25) is 0 Å². The molecule has 4 nitrogen and oxygen atoms in total. The predicted octanol–water partition coefficient (Wildman–Crippen LogP) is 1.19. The van der Waals surface area contributed by atoms with Crippen molar-refractivity contribution >= 4 is 5.91 Å². The van der Waals surface area contributed by atoms with Crippen LogP contribution in [0, 0.1) is 5.82 Å². The molecule has 1 fully saturated rings. The minimum atomic E-state index is -0.683. The molecule has 1 aliphatic rings. The minimum Gasteiger partial charge on any atom is -0.481 e. The van der Waals surface area contributed by atoms with Gasteiger partial charge >= 0.3 is 0 Å². The summed E-state index contributed by atoms with van der Waals surface area (Å²) in [6, 6.07) is 5.69. The Hall–Kier alpha value is -1.62. The molecule has 0 bridgehead atoms. The average molecular weight is 253 g/mol. The maximum absolute atomic E-state index is 13.0. The lowest BCUT2D eigenvalue weighted by Crippen LogP contribution is -2.39. The maximum atomic E-state index is 13.0. The number of carbonyl (C=O) groups is 1. The van der Waals surface area contributed by atoms with Gasteiger partial charge in [0.15, 0.2) is 6.10 Å². The van der Waals surface area contributed by atoms with E-state index in [2.05, 4.69) is 0 Å². The van der Waals surface area contributed by atoms with Gasteiger partial charge in [-0.25, -0.2) is 4.39 Å². The molecule has 0 radical (unpaired) electrons. The summed E-state index contributed by atoms with van der Waals surface area (Å²) in [7, 11) is 0. The zero-order valence-corrected chi connectivity index (χ0v) is 10.2. The zero-order valence-electron chi connectivity index (χ0n) is 10.2. The van der Waals surface area contributed by atoms with Crippen molar-refractivity contribution in [3.8, 4) is 5.75 Å². The molecule has 1 amide bonds. The molecule has 98 valence electrons. The Morgan fingerprint density at radius 2 is 2.39 bits per heavy atom. The van der Waals surface area contributed by atoms with Crippen molar-refractivity contribution in [1.29, 1.82) is 0 Å². The number of aliphatic hydroxyl groups is 1. The lowest BCUT2D eigenvalue weighted by molar-refractivity contribution is -0.137. The summed E-state index contributed by atoms with van der Waals surface area (Å²) in [6.45, 7) is 2.50. The Balaban J connectivity index is 1.95. The highest BCUT2D eigenvalue weighted by molar-refractivity contribution is 5.81. The standard InChI is InChI=1S/C13H16FNO3/c1-9(13(17)15-6-5-11(16)8-15)18-12-4-2-3-10(14)7-12/h2-4,7,9,11,16H,5-6,8H2,1H3/t9?,11-/m0/s1. The first-order valence-electron chi connectivity index (χ1n) is 5.95. The van der Waals surface area contributed by atoms with Crippen molar-refractivity contribution in [3.05, 3.63) is 30.1 Å². The van der Waals surface area contributed by atoms with Crippen molar-refractivity contribution in [2.45, 2.75) is 25.6 Å². The molecule has 0 aromatic heterocycles. The Bertz CT molecular complexity index is 438. The van der Waals surface area contributed by atoms with E-state index in [9.17, 15) is 14.3 Å². The molecule has 1 saturated heterocycles. The summed E-state index contributed by atoms with van der Waals surface area (Å²) in [5.74, 6) is -0.254. The molecule has 1 unspecified atom stereocenters. The van der Waals surface area contributed by atoms with E-state index >= 15 is 0 Å². The number of rotatable bonds is 3. The molecule has 0 aliphatic carbocycles. The summed E-state index contributed by atoms with van der Waals surface area (Å²) in [5, 5.41) is 9.37. The molecule has 1 heterocycles. The number of hydrogen-bond acceptors (Lipinski definition) is 3. The fourth-order valence-electron chi connectivity index (χ4n) is 1.99. The van der Waals surface area contributed by atoms with Gasteiger partial charge in [-0.1, -0.05) is 6.07 Å². The van der Waals surface area contributed by atoms with Crippen molar-refractivity contribution in [2.75, 3.05) is 13.1 Å². The number of nitrogens with zero attached hydrogens (tertiary/aromatic N) is 1. The van der Waals surface area contributed by atoms with Crippen LogP contribution >= 0.6 is 0 Å². The first-order valence-corrected chi connectivity index (χ1v) is 5.95. The van der Waals surface area contributed by atoms with Gasteiger partial charge in [-0.15, -0.1) is 0 Å². The van der Waals surface area contributed by atoms with Crippen molar-refractivity contribution < 1.29 is 19.0 Å². The minimum absolute atomic E-state index is 0.184. The molecule has 2 atom stereocenters.